The summed E-state index contributed by atoms with van der Waals surface area (Å²) >= 11 is 0. The lowest BCUT2D eigenvalue weighted by molar-refractivity contribution is -0.131. The molecule has 2 aliphatic rings. The molecule has 0 radical (unpaired) electrons. The Labute approximate surface area is 160 Å². The molecule has 1 aliphatic heterocycles. The van der Waals surface area contributed by atoms with E-state index in [9.17, 15) is 14.7 Å². The van der Waals surface area contributed by atoms with Crippen LogP contribution in [0, 0.1) is 0 Å². The SMILES string of the molecule is C=C/C(=C\C=C\NC(O)C(C)N1CCCC1=O)C(=O)NC1=CCC=CC=C1. The van der Waals surface area contributed by atoms with Crippen molar-refractivity contribution in [2.75, 3.05) is 6.54 Å². The van der Waals surface area contributed by atoms with E-state index in [2.05, 4.69) is 17.2 Å². The van der Waals surface area contributed by atoms with Crippen molar-refractivity contribution in [3.8, 4) is 0 Å². The molecule has 27 heavy (non-hydrogen) atoms. The molecule has 6 heteroatoms. The molecular weight excluding hydrogens is 342 g/mol. The zero-order valence-electron chi connectivity index (χ0n) is 15.6. The van der Waals surface area contributed by atoms with Gasteiger partial charge >= 0.3 is 0 Å². The van der Waals surface area contributed by atoms with Gasteiger partial charge in [-0.25, -0.2) is 0 Å². The Kier molecular flexibility index (Phi) is 7.82. The molecular formula is C21H27N3O3. The van der Waals surface area contributed by atoms with E-state index in [1.165, 1.54) is 6.08 Å². The minimum atomic E-state index is -0.883. The fraction of sp³-hybridized carbons (Fsp3) is 0.333. The van der Waals surface area contributed by atoms with Crippen molar-refractivity contribution >= 4 is 11.8 Å². The molecule has 1 saturated heterocycles. The lowest BCUT2D eigenvalue weighted by Gasteiger charge is -2.28. The highest BCUT2D eigenvalue weighted by atomic mass is 16.3. The van der Waals surface area contributed by atoms with Crippen LogP contribution in [0.2, 0.25) is 0 Å². The molecule has 1 fully saturated rings. The number of allylic oxidation sites excluding steroid dienone is 7. The predicted molar refractivity (Wildman–Crippen MR) is 106 cm³/mol. The van der Waals surface area contributed by atoms with Gasteiger partial charge in [0.15, 0.2) is 0 Å². The van der Waals surface area contributed by atoms with Crippen LogP contribution in [0.3, 0.4) is 0 Å². The average Bonchev–Trinajstić information content (AvgIpc) is 2.92. The molecule has 0 aromatic carbocycles. The van der Waals surface area contributed by atoms with Crippen LogP contribution in [-0.4, -0.2) is 40.6 Å². The minimum Gasteiger partial charge on any atom is -0.372 e. The molecule has 6 nitrogen and oxygen atoms in total. The summed E-state index contributed by atoms with van der Waals surface area (Å²) in [7, 11) is 0. The zero-order valence-corrected chi connectivity index (χ0v) is 15.6. The van der Waals surface area contributed by atoms with Crippen molar-refractivity contribution < 1.29 is 14.7 Å². The van der Waals surface area contributed by atoms with Crippen molar-refractivity contribution in [3.63, 3.8) is 0 Å². The van der Waals surface area contributed by atoms with Gasteiger partial charge in [-0.05, 0) is 44.2 Å². The first-order valence-electron chi connectivity index (χ1n) is 9.10. The molecule has 3 N–H and O–H groups in total. The lowest BCUT2D eigenvalue weighted by Crippen LogP contribution is -2.47. The van der Waals surface area contributed by atoms with Crippen molar-refractivity contribution in [1.29, 1.82) is 0 Å². The minimum absolute atomic E-state index is 0.0647. The van der Waals surface area contributed by atoms with Gasteiger partial charge in [-0.2, -0.15) is 0 Å². The summed E-state index contributed by atoms with van der Waals surface area (Å²) in [5, 5.41) is 15.8. The lowest BCUT2D eigenvalue weighted by atomic mass is 10.2. The van der Waals surface area contributed by atoms with E-state index < -0.39 is 6.23 Å². The summed E-state index contributed by atoms with van der Waals surface area (Å²) in [6, 6.07) is -0.321. The number of aliphatic hydroxyl groups excluding tert-OH is 1. The predicted octanol–water partition coefficient (Wildman–Crippen LogP) is 2.05. The maximum absolute atomic E-state index is 12.3. The molecule has 0 saturated carbocycles. The van der Waals surface area contributed by atoms with E-state index >= 15 is 0 Å². The van der Waals surface area contributed by atoms with Gasteiger partial charge in [0.25, 0.3) is 5.91 Å². The Morgan fingerprint density at radius 2 is 2.22 bits per heavy atom. The molecule has 1 heterocycles. The van der Waals surface area contributed by atoms with Crippen LogP contribution >= 0.6 is 0 Å². The standard InChI is InChI=1S/C21H27N3O3/c1-3-17(21(27)23-18-11-6-4-5-7-12-18)10-8-14-22-20(26)16(2)24-15-9-13-19(24)25/h3-6,8,10-12,14,16,20,22,26H,1,7,9,13,15H2,2H3,(H,23,27)/b14-8+,17-10+. The number of rotatable bonds is 8. The Hall–Kier alpha value is -2.86. The molecule has 0 spiro atoms. The summed E-state index contributed by atoms with van der Waals surface area (Å²) in [5.41, 5.74) is 1.14. The first-order chi connectivity index (χ1) is 13.0. The van der Waals surface area contributed by atoms with Gasteiger partial charge in [-0.3, -0.25) is 9.59 Å². The first kappa shape index (κ1) is 20.5. The third-order valence-corrected chi connectivity index (χ3v) is 4.43. The van der Waals surface area contributed by atoms with Gasteiger partial charge in [-0.15, -0.1) is 0 Å². The maximum atomic E-state index is 12.3. The summed E-state index contributed by atoms with van der Waals surface area (Å²) in [6.07, 6.45) is 17.0. The van der Waals surface area contributed by atoms with E-state index in [0.717, 1.165) is 18.5 Å². The third-order valence-electron chi connectivity index (χ3n) is 4.43. The first-order valence-corrected chi connectivity index (χ1v) is 9.10. The number of aliphatic hydroxyl groups is 1. The smallest absolute Gasteiger partial charge is 0.255 e. The van der Waals surface area contributed by atoms with Crippen molar-refractivity contribution in [2.45, 2.75) is 38.5 Å². The van der Waals surface area contributed by atoms with Crippen LogP contribution in [0.5, 0.6) is 0 Å². The Bertz CT molecular complexity index is 716. The summed E-state index contributed by atoms with van der Waals surface area (Å²) < 4.78 is 0. The van der Waals surface area contributed by atoms with Gasteiger partial charge in [-0.1, -0.05) is 37.0 Å². The van der Waals surface area contributed by atoms with Crippen LogP contribution in [0.15, 0.2) is 72.7 Å². The van der Waals surface area contributed by atoms with Gasteiger partial charge in [0.2, 0.25) is 5.91 Å². The number of carbonyl (C=O) groups excluding carboxylic acids is 2. The second kappa shape index (κ2) is 10.3. The molecule has 0 aromatic heterocycles. The van der Waals surface area contributed by atoms with E-state index in [-0.39, 0.29) is 17.9 Å². The van der Waals surface area contributed by atoms with Crippen LogP contribution in [-0.2, 0) is 9.59 Å². The van der Waals surface area contributed by atoms with E-state index in [0.29, 0.717) is 18.5 Å². The summed E-state index contributed by atoms with van der Waals surface area (Å²) in [4.78, 5) is 25.7. The van der Waals surface area contributed by atoms with Gasteiger partial charge < -0.3 is 20.6 Å². The quantitative estimate of drug-likeness (QED) is 0.347. The average molecular weight is 369 g/mol. The van der Waals surface area contributed by atoms with Gasteiger partial charge in [0, 0.05) is 24.2 Å². The fourth-order valence-electron chi connectivity index (χ4n) is 2.83. The van der Waals surface area contributed by atoms with E-state index in [1.54, 1.807) is 30.2 Å². The highest BCUT2D eigenvalue weighted by molar-refractivity contribution is 5.97. The monoisotopic (exact) mass is 369 g/mol. The second-order valence-electron chi connectivity index (χ2n) is 6.36. The molecule has 1 aliphatic carbocycles. The van der Waals surface area contributed by atoms with Gasteiger partial charge in [0.05, 0.1) is 6.04 Å². The van der Waals surface area contributed by atoms with Crippen LogP contribution < -0.4 is 10.6 Å². The topological polar surface area (TPSA) is 81.7 Å². The second-order valence-corrected chi connectivity index (χ2v) is 6.36. The highest BCUT2D eigenvalue weighted by Crippen LogP contribution is 2.14. The number of nitrogens with zero attached hydrogens (tertiary/aromatic N) is 1. The molecule has 0 aromatic rings. The van der Waals surface area contributed by atoms with Crippen molar-refractivity contribution in [3.05, 3.63) is 72.7 Å². The normalized spacial score (nSPS) is 19.6. The number of likely N-dealkylation sites (tertiary alicyclic amines) is 1. The van der Waals surface area contributed by atoms with Crippen molar-refractivity contribution in [2.24, 2.45) is 0 Å². The van der Waals surface area contributed by atoms with Crippen LogP contribution in [0.4, 0.5) is 0 Å². The molecule has 2 unspecified atom stereocenters. The fourth-order valence-corrected chi connectivity index (χ4v) is 2.83. The summed E-state index contributed by atoms with van der Waals surface area (Å²) in [6.45, 7) is 6.14. The Morgan fingerprint density at radius 1 is 1.41 bits per heavy atom. The number of amides is 2. The zero-order chi connectivity index (χ0) is 19.6. The largest absolute Gasteiger partial charge is 0.372 e. The van der Waals surface area contributed by atoms with Gasteiger partial charge in [0.1, 0.15) is 6.23 Å². The number of hydrogen-bond donors (Lipinski definition) is 3. The molecule has 144 valence electrons. The summed E-state index contributed by atoms with van der Waals surface area (Å²) in [5.74, 6) is -0.195. The molecule has 2 amide bonds. The maximum Gasteiger partial charge on any atom is 0.255 e. The van der Waals surface area contributed by atoms with Crippen molar-refractivity contribution in [1.82, 2.24) is 15.5 Å². The molecule has 2 atom stereocenters. The molecule has 0 bridgehead atoms. The molecule has 2 rings (SSSR count). The Morgan fingerprint density at radius 3 is 2.93 bits per heavy atom. The van der Waals surface area contributed by atoms with E-state index in [4.69, 9.17) is 0 Å². The number of hydrogen-bond acceptors (Lipinski definition) is 4. The highest BCUT2D eigenvalue weighted by Gasteiger charge is 2.28. The van der Waals surface area contributed by atoms with Crippen LogP contribution in [0.25, 0.3) is 0 Å². The number of nitrogens with one attached hydrogen (secondary N) is 2. The van der Waals surface area contributed by atoms with E-state index in [1.807, 2.05) is 30.4 Å². The van der Waals surface area contributed by atoms with Crippen LogP contribution in [0.1, 0.15) is 26.2 Å². The number of carbonyl (C=O) groups is 2. The third kappa shape index (κ3) is 6.11. The Balaban J connectivity index is 1.87.